The van der Waals surface area contributed by atoms with Crippen molar-refractivity contribution in [2.45, 2.75) is 50.4 Å². The summed E-state index contributed by atoms with van der Waals surface area (Å²) in [5.74, 6) is 1.70. The van der Waals surface area contributed by atoms with Crippen LogP contribution in [0.25, 0.3) is 0 Å². The Morgan fingerprint density at radius 1 is 1.10 bits per heavy atom. The number of aryl methyl sites for hydroxylation is 1. The van der Waals surface area contributed by atoms with Gasteiger partial charge in [-0.05, 0) is 45.9 Å². The highest BCUT2D eigenvalue weighted by molar-refractivity contribution is 7.98. The minimum atomic E-state index is 0.0950. The fourth-order valence-corrected chi connectivity index (χ4v) is 2.65. The molecule has 0 saturated heterocycles. The van der Waals surface area contributed by atoms with Gasteiger partial charge in [-0.2, -0.15) is 0 Å². The van der Waals surface area contributed by atoms with Crippen molar-refractivity contribution in [1.82, 2.24) is 15.3 Å². The van der Waals surface area contributed by atoms with Crippen molar-refractivity contribution in [3.05, 3.63) is 53.6 Å². The van der Waals surface area contributed by atoms with Crippen LogP contribution in [0.15, 0.2) is 41.3 Å². The molecule has 0 atom stereocenters. The van der Waals surface area contributed by atoms with Crippen molar-refractivity contribution in [3.63, 3.8) is 0 Å². The monoisotopic (exact) mass is 301 g/mol. The molecule has 2 rings (SSSR count). The normalized spacial score (nSPS) is 11.6. The van der Waals surface area contributed by atoms with Crippen molar-refractivity contribution in [3.8, 4) is 0 Å². The van der Waals surface area contributed by atoms with Gasteiger partial charge >= 0.3 is 0 Å². The van der Waals surface area contributed by atoms with Gasteiger partial charge in [-0.15, -0.1) is 11.8 Å². The molecule has 112 valence electrons. The van der Waals surface area contributed by atoms with E-state index in [1.165, 1.54) is 4.90 Å². The first-order valence-corrected chi connectivity index (χ1v) is 8.17. The van der Waals surface area contributed by atoms with Crippen LogP contribution in [-0.2, 0) is 12.3 Å². The van der Waals surface area contributed by atoms with Crippen LogP contribution in [0.4, 0.5) is 0 Å². The minimum Gasteiger partial charge on any atom is -0.306 e. The van der Waals surface area contributed by atoms with Crippen LogP contribution < -0.4 is 5.32 Å². The molecular weight excluding hydrogens is 278 g/mol. The lowest BCUT2D eigenvalue weighted by atomic mass is 10.1. The first kappa shape index (κ1) is 16.0. The van der Waals surface area contributed by atoms with E-state index < -0.39 is 0 Å². The molecule has 0 aliphatic carbocycles. The second kappa shape index (κ2) is 7.05. The number of nitrogens with zero attached hydrogens (tertiary/aromatic N) is 2. The second-order valence-corrected chi connectivity index (χ2v) is 7.17. The topological polar surface area (TPSA) is 37.8 Å². The van der Waals surface area contributed by atoms with E-state index in [1.54, 1.807) is 11.8 Å². The third-order valence-corrected chi connectivity index (χ3v) is 3.87. The van der Waals surface area contributed by atoms with Gasteiger partial charge in [0.25, 0.3) is 0 Å². The quantitative estimate of drug-likeness (QED) is 0.848. The average molecular weight is 301 g/mol. The standard InChI is InChI=1S/C17H23N3S/c1-13-10-14(11-18-17(2,3)4)20-16(19-13)12-21-15-8-6-5-7-9-15/h5-10,18H,11-12H2,1-4H3. The molecule has 4 heteroatoms. The third kappa shape index (κ3) is 5.86. The van der Waals surface area contributed by atoms with Gasteiger partial charge in [0.1, 0.15) is 5.82 Å². The smallest absolute Gasteiger partial charge is 0.139 e. The fourth-order valence-electron chi connectivity index (χ4n) is 1.88. The molecule has 0 spiro atoms. The van der Waals surface area contributed by atoms with Gasteiger partial charge < -0.3 is 5.32 Å². The van der Waals surface area contributed by atoms with Gasteiger partial charge in [0, 0.05) is 22.7 Å². The second-order valence-electron chi connectivity index (χ2n) is 6.12. The maximum Gasteiger partial charge on any atom is 0.139 e. The first-order valence-electron chi connectivity index (χ1n) is 7.19. The van der Waals surface area contributed by atoms with E-state index in [2.05, 4.69) is 66.4 Å². The molecule has 0 aliphatic rings. The van der Waals surface area contributed by atoms with Crippen LogP contribution in [0.2, 0.25) is 0 Å². The lowest BCUT2D eigenvalue weighted by Gasteiger charge is -2.20. The summed E-state index contributed by atoms with van der Waals surface area (Å²) < 4.78 is 0. The van der Waals surface area contributed by atoms with E-state index in [0.29, 0.717) is 0 Å². The predicted octanol–water partition coefficient (Wildman–Crippen LogP) is 3.97. The number of rotatable bonds is 5. The summed E-state index contributed by atoms with van der Waals surface area (Å²) in [6, 6.07) is 12.4. The molecular formula is C17H23N3S. The molecule has 0 amide bonds. The van der Waals surface area contributed by atoms with Crippen molar-refractivity contribution < 1.29 is 0 Å². The number of thioether (sulfide) groups is 1. The first-order chi connectivity index (χ1) is 9.92. The summed E-state index contributed by atoms with van der Waals surface area (Å²) in [5.41, 5.74) is 2.18. The van der Waals surface area contributed by atoms with Gasteiger partial charge in [0.05, 0.1) is 11.4 Å². The number of hydrogen-bond acceptors (Lipinski definition) is 4. The lowest BCUT2D eigenvalue weighted by Crippen LogP contribution is -2.35. The highest BCUT2D eigenvalue weighted by atomic mass is 32.2. The third-order valence-electron chi connectivity index (χ3n) is 2.86. The molecule has 1 aromatic carbocycles. The number of hydrogen-bond donors (Lipinski definition) is 1. The Morgan fingerprint density at radius 2 is 1.81 bits per heavy atom. The van der Waals surface area contributed by atoms with Crippen molar-refractivity contribution >= 4 is 11.8 Å². The zero-order chi connectivity index (χ0) is 15.3. The van der Waals surface area contributed by atoms with Gasteiger partial charge in [-0.1, -0.05) is 18.2 Å². The summed E-state index contributed by atoms with van der Waals surface area (Å²) in [6.07, 6.45) is 0. The van der Waals surface area contributed by atoms with E-state index in [-0.39, 0.29) is 5.54 Å². The van der Waals surface area contributed by atoms with Crippen molar-refractivity contribution in [2.24, 2.45) is 0 Å². The lowest BCUT2D eigenvalue weighted by molar-refractivity contribution is 0.420. The fraction of sp³-hybridized carbons (Fsp3) is 0.412. The molecule has 0 unspecified atom stereocenters. The summed E-state index contributed by atoms with van der Waals surface area (Å²) >= 11 is 1.77. The number of aromatic nitrogens is 2. The van der Waals surface area contributed by atoms with E-state index in [9.17, 15) is 0 Å². The zero-order valence-electron chi connectivity index (χ0n) is 13.2. The molecule has 1 aromatic heterocycles. The molecule has 1 heterocycles. The molecule has 1 N–H and O–H groups in total. The zero-order valence-corrected chi connectivity index (χ0v) is 14.0. The van der Waals surface area contributed by atoms with Crippen LogP contribution in [0.1, 0.15) is 38.0 Å². The molecule has 0 aliphatic heterocycles. The van der Waals surface area contributed by atoms with E-state index in [0.717, 1.165) is 29.5 Å². The van der Waals surface area contributed by atoms with Crippen LogP contribution >= 0.6 is 11.8 Å². The van der Waals surface area contributed by atoms with Crippen molar-refractivity contribution in [2.75, 3.05) is 0 Å². The Labute approximate surface area is 131 Å². The van der Waals surface area contributed by atoms with Crippen LogP contribution in [-0.4, -0.2) is 15.5 Å². The molecule has 0 radical (unpaired) electrons. The van der Waals surface area contributed by atoms with Gasteiger partial charge in [0.2, 0.25) is 0 Å². The van der Waals surface area contributed by atoms with E-state index in [4.69, 9.17) is 0 Å². The SMILES string of the molecule is Cc1cc(CNC(C)(C)C)nc(CSc2ccccc2)n1. The van der Waals surface area contributed by atoms with Gasteiger partial charge in [0.15, 0.2) is 0 Å². The average Bonchev–Trinajstić information content (AvgIpc) is 2.43. The summed E-state index contributed by atoms with van der Waals surface area (Å²) in [5, 5.41) is 3.47. The Balaban J connectivity index is 2.01. The van der Waals surface area contributed by atoms with E-state index in [1.807, 2.05) is 13.0 Å². The Bertz CT molecular complexity index is 576. The van der Waals surface area contributed by atoms with E-state index >= 15 is 0 Å². The maximum absolute atomic E-state index is 4.66. The van der Waals surface area contributed by atoms with Crippen molar-refractivity contribution in [1.29, 1.82) is 0 Å². The summed E-state index contributed by atoms with van der Waals surface area (Å²) in [6.45, 7) is 9.28. The van der Waals surface area contributed by atoms with Crippen LogP contribution in [0.3, 0.4) is 0 Å². The molecule has 0 bridgehead atoms. The number of benzene rings is 1. The van der Waals surface area contributed by atoms with Crippen LogP contribution in [0.5, 0.6) is 0 Å². The van der Waals surface area contributed by atoms with Gasteiger partial charge in [-0.3, -0.25) is 0 Å². The Hall–Kier alpha value is -1.39. The largest absolute Gasteiger partial charge is 0.306 e. The molecule has 0 saturated carbocycles. The predicted molar refractivity (Wildman–Crippen MR) is 89.4 cm³/mol. The highest BCUT2D eigenvalue weighted by Gasteiger charge is 2.10. The molecule has 21 heavy (non-hydrogen) atoms. The molecule has 0 fully saturated rings. The molecule has 2 aromatic rings. The molecule has 3 nitrogen and oxygen atoms in total. The Kier molecular flexibility index (Phi) is 5.37. The summed E-state index contributed by atoms with van der Waals surface area (Å²) in [7, 11) is 0. The highest BCUT2D eigenvalue weighted by Crippen LogP contribution is 2.20. The van der Waals surface area contributed by atoms with Crippen LogP contribution in [0, 0.1) is 6.92 Å². The minimum absolute atomic E-state index is 0.0950. The summed E-state index contributed by atoms with van der Waals surface area (Å²) in [4.78, 5) is 10.4. The maximum atomic E-state index is 4.66. The Morgan fingerprint density at radius 3 is 2.48 bits per heavy atom. The van der Waals surface area contributed by atoms with Gasteiger partial charge in [-0.25, -0.2) is 9.97 Å². The number of nitrogens with one attached hydrogen (secondary N) is 1.